The summed E-state index contributed by atoms with van der Waals surface area (Å²) in [7, 11) is 0. The van der Waals surface area contributed by atoms with Crippen LogP contribution in [0.4, 0.5) is 0 Å². The Morgan fingerprint density at radius 3 is 1.29 bits per heavy atom. The van der Waals surface area contributed by atoms with Crippen molar-refractivity contribution < 1.29 is 4.42 Å². The Kier molecular flexibility index (Phi) is 13.6. The van der Waals surface area contributed by atoms with Gasteiger partial charge in [-0.3, -0.25) is 0 Å². The van der Waals surface area contributed by atoms with Crippen LogP contribution in [-0.2, 0) is 18.3 Å². The van der Waals surface area contributed by atoms with Gasteiger partial charge in [0, 0.05) is 21.6 Å². The number of fused-ring (bicyclic) bond motifs is 14. The number of aryl methyl sites for hydroxylation is 2. The minimum atomic E-state index is -0.109. The standard InChI is InChI=1S/C101H70O/c1-5-61-19-9-11-23-78(61)79-47-45-76(53-62(79)6-2)99-86-29-16-15-28-85(86)97(88-50-44-73(58-92(88)99)74-42-48-82-81-25-17-18-30-93(81)101(3,4)94(82)60-74)75-40-39-69-55-68(37-38-71(69)56-75)64-31-34-66(35-32-64)96-83-26-13-14-27-84(83)98(87-49-43-72(57-91(87)96)70-36-33-63-20-7-8-22-67(63)54-70)77-46-52-95-90(59-77)89-51-41-65-21-10-12-24-80(65)100(89)102-95/h7-60H,5-6H2,1-4H3. The molecule has 18 aromatic carbocycles. The van der Waals surface area contributed by atoms with Gasteiger partial charge in [0.2, 0.25) is 0 Å². The topological polar surface area (TPSA) is 13.1 Å². The molecule has 0 N–H and O–H groups in total. The van der Waals surface area contributed by atoms with Crippen LogP contribution in [0.1, 0.15) is 49.9 Å². The lowest BCUT2D eigenvalue weighted by Crippen LogP contribution is -2.14. The molecule has 1 aliphatic carbocycles. The van der Waals surface area contributed by atoms with Gasteiger partial charge in [-0.25, -0.2) is 0 Å². The molecule has 1 heterocycles. The van der Waals surface area contributed by atoms with Crippen molar-refractivity contribution >= 4 is 97.3 Å². The number of rotatable bonds is 10. The molecule has 0 unspecified atom stereocenters. The van der Waals surface area contributed by atoms with Gasteiger partial charge in [0.15, 0.2) is 0 Å². The van der Waals surface area contributed by atoms with E-state index in [9.17, 15) is 0 Å². The van der Waals surface area contributed by atoms with Crippen molar-refractivity contribution in [2.24, 2.45) is 0 Å². The SMILES string of the molecule is CCc1ccccc1-c1ccc(-c2c3ccccc3c(-c3ccc4cc(-c5ccc(-c6c7ccccc7c(-c7ccc8oc9c%10ccccc%10ccc9c8c7)c7ccc(-c8ccc9ccccc9c8)cc67)cc5)ccc4c3)c3ccc(-c4ccc5c(c4)C(C)(C)c4ccccc4-5)cc23)cc1CC. The van der Waals surface area contributed by atoms with Crippen LogP contribution < -0.4 is 0 Å². The lowest BCUT2D eigenvalue weighted by Gasteiger charge is -2.22. The molecule has 0 saturated carbocycles. The van der Waals surface area contributed by atoms with Crippen molar-refractivity contribution in [1.82, 2.24) is 0 Å². The first-order valence-corrected chi connectivity index (χ1v) is 36.1. The number of benzene rings is 18. The molecular weight excluding hydrogens is 1230 g/mol. The minimum absolute atomic E-state index is 0.109. The maximum Gasteiger partial charge on any atom is 0.143 e. The van der Waals surface area contributed by atoms with Crippen LogP contribution in [0, 0.1) is 0 Å². The van der Waals surface area contributed by atoms with E-state index in [2.05, 4.69) is 355 Å². The monoisotopic (exact) mass is 1300 g/mol. The lowest BCUT2D eigenvalue weighted by molar-refractivity contribution is 0.660. The molecule has 0 radical (unpaired) electrons. The molecule has 19 aromatic rings. The Hall–Kier alpha value is -12.4. The second kappa shape index (κ2) is 23.4. The lowest BCUT2D eigenvalue weighted by atomic mass is 9.81. The summed E-state index contributed by atoms with van der Waals surface area (Å²) in [6.07, 6.45) is 1.92. The van der Waals surface area contributed by atoms with Gasteiger partial charge in [-0.2, -0.15) is 0 Å². The van der Waals surface area contributed by atoms with Gasteiger partial charge >= 0.3 is 0 Å². The quantitative estimate of drug-likeness (QED) is 0.124. The predicted molar refractivity (Wildman–Crippen MR) is 436 cm³/mol. The molecule has 1 aliphatic rings. The van der Waals surface area contributed by atoms with Crippen molar-refractivity contribution in [2.75, 3.05) is 0 Å². The Morgan fingerprint density at radius 1 is 0.225 bits per heavy atom. The molecule has 0 spiro atoms. The smallest absolute Gasteiger partial charge is 0.143 e. The van der Waals surface area contributed by atoms with Gasteiger partial charge < -0.3 is 4.42 Å². The van der Waals surface area contributed by atoms with Crippen LogP contribution >= 0.6 is 0 Å². The summed E-state index contributed by atoms with van der Waals surface area (Å²) in [5.74, 6) is 0. The van der Waals surface area contributed by atoms with Crippen molar-refractivity contribution in [1.29, 1.82) is 0 Å². The highest BCUT2D eigenvalue weighted by molar-refractivity contribution is 6.25. The van der Waals surface area contributed by atoms with Crippen molar-refractivity contribution in [3.8, 4) is 100 Å². The molecule has 1 aromatic heterocycles. The van der Waals surface area contributed by atoms with Gasteiger partial charge in [-0.05, 0) is 260 Å². The average molecular weight is 1300 g/mol. The average Bonchev–Trinajstić information content (AvgIpc) is 0.923. The molecule has 20 rings (SSSR count). The third kappa shape index (κ3) is 9.38. The summed E-state index contributed by atoms with van der Waals surface area (Å²) in [5.41, 5.74) is 29.5. The van der Waals surface area contributed by atoms with Crippen LogP contribution in [0.15, 0.2) is 332 Å². The van der Waals surface area contributed by atoms with Crippen molar-refractivity contribution in [3.63, 3.8) is 0 Å². The molecule has 102 heavy (non-hydrogen) atoms. The molecule has 480 valence electrons. The molecular formula is C101H70O. The van der Waals surface area contributed by atoms with Gasteiger partial charge in [0.05, 0.1) is 0 Å². The fourth-order valence-corrected chi connectivity index (χ4v) is 17.7. The summed E-state index contributed by atoms with van der Waals surface area (Å²) < 4.78 is 6.68. The third-order valence-electron chi connectivity index (χ3n) is 22.8. The largest absolute Gasteiger partial charge is 0.455 e. The van der Waals surface area contributed by atoms with E-state index in [1.165, 1.54) is 187 Å². The molecule has 0 bridgehead atoms. The van der Waals surface area contributed by atoms with E-state index in [1.54, 1.807) is 0 Å². The molecule has 0 amide bonds. The van der Waals surface area contributed by atoms with Crippen molar-refractivity contribution in [2.45, 2.75) is 46.0 Å². The van der Waals surface area contributed by atoms with E-state index in [0.29, 0.717) is 0 Å². The molecule has 1 nitrogen and oxygen atoms in total. The third-order valence-corrected chi connectivity index (χ3v) is 22.8. The fourth-order valence-electron chi connectivity index (χ4n) is 17.7. The first-order chi connectivity index (χ1) is 50.2. The van der Waals surface area contributed by atoms with Gasteiger partial charge in [-0.15, -0.1) is 0 Å². The fraction of sp³-hybridized carbons (Fsp3) is 0.0693. The predicted octanol–water partition coefficient (Wildman–Crippen LogP) is 28.4. The van der Waals surface area contributed by atoms with E-state index in [4.69, 9.17) is 4.42 Å². The van der Waals surface area contributed by atoms with Crippen LogP contribution in [0.25, 0.3) is 197 Å². The van der Waals surface area contributed by atoms with Crippen molar-refractivity contribution in [3.05, 3.63) is 350 Å². The number of hydrogen-bond acceptors (Lipinski definition) is 1. The van der Waals surface area contributed by atoms with Gasteiger partial charge in [0.25, 0.3) is 0 Å². The zero-order valence-corrected chi connectivity index (χ0v) is 57.5. The summed E-state index contributed by atoms with van der Waals surface area (Å²) in [6.45, 7) is 9.33. The Bertz CT molecular complexity index is 6730. The Balaban J connectivity index is 0.705. The maximum absolute atomic E-state index is 6.68. The normalized spacial score (nSPS) is 12.7. The van der Waals surface area contributed by atoms with E-state index >= 15 is 0 Å². The molecule has 0 saturated heterocycles. The molecule has 0 aliphatic heterocycles. The summed E-state index contributed by atoms with van der Waals surface area (Å²) >= 11 is 0. The van der Waals surface area contributed by atoms with Crippen LogP contribution in [0.2, 0.25) is 0 Å². The maximum atomic E-state index is 6.68. The Morgan fingerprint density at radius 2 is 0.608 bits per heavy atom. The first kappa shape index (κ1) is 59.6. The molecule has 1 heteroatoms. The highest BCUT2D eigenvalue weighted by Gasteiger charge is 2.35. The van der Waals surface area contributed by atoms with Crippen LogP contribution in [0.5, 0.6) is 0 Å². The summed E-state index contributed by atoms with van der Waals surface area (Å²) in [4.78, 5) is 0. The second-order valence-electron chi connectivity index (χ2n) is 28.7. The molecule has 0 fully saturated rings. The highest BCUT2D eigenvalue weighted by atomic mass is 16.3. The van der Waals surface area contributed by atoms with E-state index in [-0.39, 0.29) is 5.41 Å². The number of hydrogen-bond donors (Lipinski definition) is 0. The number of furan rings is 1. The zero-order valence-electron chi connectivity index (χ0n) is 57.5. The Labute approximate surface area is 593 Å². The van der Waals surface area contributed by atoms with E-state index in [1.807, 2.05) is 0 Å². The minimum Gasteiger partial charge on any atom is -0.455 e. The highest BCUT2D eigenvalue weighted by Crippen LogP contribution is 2.53. The summed E-state index contributed by atoms with van der Waals surface area (Å²) in [5, 5.41) is 19.3. The van der Waals surface area contributed by atoms with Crippen LogP contribution in [0.3, 0.4) is 0 Å². The zero-order chi connectivity index (χ0) is 67.9. The van der Waals surface area contributed by atoms with Crippen LogP contribution in [-0.4, -0.2) is 0 Å². The second-order valence-corrected chi connectivity index (χ2v) is 28.7. The van der Waals surface area contributed by atoms with E-state index < -0.39 is 0 Å². The van der Waals surface area contributed by atoms with Gasteiger partial charge in [0.1, 0.15) is 11.2 Å². The van der Waals surface area contributed by atoms with E-state index in [0.717, 1.165) is 45.7 Å². The first-order valence-electron chi connectivity index (χ1n) is 36.1. The van der Waals surface area contributed by atoms with Gasteiger partial charge in [-0.1, -0.05) is 301 Å². The summed E-state index contributed by atoms with van der Waals surface area (Å²) in [6, 6.07) is 124. The molecule has 0 atom stereocenters.